The Kier molecular flexibility index (Phi) is 3.28. The van der Waals surface area contributed by atoms with Gasteiger partial charge >= 0.3 is 0 Å². The Balaban J connectivity index is 2.32. The molecule has 0 unspecified atom stereocenters. The molecule has 0 atom stereocenters. The first kappa shape index (κ1) is 10.5. The smallest absolute Gasteiger partial charge is 0.219 e. The number of aromatic nitrogens is 3. The maximum absolute atomic E-state index is 5.66. The third kappa shape index (κ3) is 2.52. The van der Waals surface area contributed by atoms with Gasteiger partial charge in [0.25, 0.3) is 0 Å². The quantitative estimate of drug-likeness (QED) is 0.825. The fourth-order valence-corrected chi connectivity index (χ4v) is 1.96. The van der Waals surface area contributed by atoms with Crippen LogP contribution in [0.2, 0.25) is 5.28 Å². The van der Waals surface area contributed by atoms with Gasteiger partial charge in [-0.2, -0.15) is 11.8 Å². The maximum atomic E-state index is 5.66. The third-order valence-corrected chi connectivity index (χ3v) is 2.75. The van der Waals surface area contributed by atoms with E-state index in [2.05, 4.69) is 28.5 Å². The van der Waals surface area contributed by atoms with Crippen molar-refractivity contribution in [2.45, 2.75) is 5.75 Å². The van der Waals surface area contributed by atoms with Gasteiger partial charge in [-0.3, -0.25) is 0 Å². The molecule has 0 saturated heterocycles. The fourth-order valence-electron chi connectivity index (χ4n) is 1.32. The first-order valence-corrected chi connectivity index (χ1v) is 6.22. The van der Waals surface area contributed by atoms with Gasteiger partial charge in [-0.25, -0.2) is 9.67 Å². The van der Waals surface area contributed by atoms with Gasteiger partial charge in [0.1, 0.15) is 6.33 Å². The lowest BCUT2D eigenvalue weighted by Gasteiger charge is -2.03. The highest BCUT2D eigenvalue weighted by Gasteiger charge is 2.00. The lowest BCUT2D eigenvalue weighted by Crippen LogP contribution is -1.95. The van der Waals surface area contributed by atoms with Crippen LogP contribution in [0.4, 0.5) is 0 Å². The summed E-state index contributed by atoms with van der Waals surface area (Å²) in [4.78, 5) is 3.88. The minimum absolute atomic E-state index is 0.269. The number of hydrogen-bond donors (Lipinski definition) is 0. The Bertz CT molecular complexity index is 455. The topological polar surface area (TPSA) is 30.7 Å². The van der Waals surface area contributed by atoms with Crippen molar-refractivity contribution in [2.75, 3.05) is 6.26 Å². The highest BCUT2D eigenvalue weighted by Crippen LogP contribution is 2.14. The zero-order valence-electron chi connectivity index (χ0n) is 8.22. The summed E-state index contributed by atoms with van der Waals surface area (Å²) >= 11 is 7.46. The molecule has 0 fully saturated rings. The molecule has 15 heavy (non-hydrogen) atoms. The number of rotatable bonds is 3. The molecule has 5 heteroatoms. The third-order valence-electron chi connectivity index (χ3n) is 1.95. The Morgan fingerprint density at radius 2 is 2.33 bits per heavy atom. The summed E-state index contributed by atoms with van der Waals surface area (Å²) in [7, 11) is 0. The van der Waals surface area contributed by atoms with Crippen molar-refractivity contribution in [1.82, 2.24) is 14.8 Å². The predicted octanol–water partition coefficient (Wildman–Crippen LogP) is 2.78. The zero-order chi connectivity index (χ0) is 10.7. The van der Waals surface area contributed by atoms with Crippen molar-refractivity contribution in [1.29, 1.82) is 0 Å². The van der Waals surface area contributed by atoms with Gasteiger partial charge < -0.3 is 0 Å². The minimum atomic E-state index is 0.269. The Labute approximate surface area is 97.5 Å². The van der Waals surface area contributed by atoms with E-state index in [1.54, 1.807) is 22.8 Å². The van der Waals surface area contributed by atoms with E-state index in [1.165, 1.54) is 5.56 Å². The summed E-state index contributed by atoms with van der Waals surface area (Å²) in [5.41, 5.74) is 2.26. The highest BCUT2D eigenvalue weighted by molar-refractivity contribution is 7.97. The molecule has 0 aliphatic carbocycles. The second-order valence-corrected chi connectivity index (χ2v) is 4.27. The average molecular weight is 240 g/mol. The van der Waals surface area contributed by atoms with Crippen molar-refractivity contribution in [2.24, 2.45) is 0 Å². The van der Waals surface area contributed by atoms with E-state index in [9.17, 15) is 0 Å². The molecule has 2 aromatic rings. The average Bonchev–Trinajstić information content (AvgIpc) is 2.66. The molecule has 1 heterocycles. The van der Waals surface area contributed by atoms with Crippen molar-refractivity contribution in [3.05, 3.63) is 41.4 Å². The van der Waals surface area contributed by atoms with Crippen LogP contribution in [-0.4, -0.2) is 21.0 Å². The number of nitrogens with zero attached hydrogens (tertiary/aromatic N) is 3. The molecule has 0 radical (unpaired) electrons. The molecule has 3 nitrogen and oxygen atoms in total. The fraction of sp³-hybridized carbons (Fsp3) is 0.200. The highest BCUT2D eigenvalue weighted by atomic mass is 35.5. The van der Waals surface area contributed by atoms with Crippen LogP contribution in [-0.2, 0) is 5.75 Å². The predicted molar refractivity (Wildman–Crippen MR) is 63.6 cm³/mol. The number of halogens is 1. The Hall–Kier alpha value is -1.00. The zero-order valence-corrected chi connectivity index (χ0v) is 9.79. The van der Waals surface area contributed by atoms with Gasteiger partial charge in [0.05, 0.1) is 5.69 Å². The van der Waals surface area contributed by atoms with Crippen LogP contribution in [0, 0.1) is 0 Å². The molecular formula is C10H10ClN3S. The molecule has 0 spiro atoms. The molecule has 1 aromatic carbocycles. The molecule has 0 amide bonds. The first-order chi connectivity index (χ1) is 7.29. The van der Waals surface area contributed by atoms with Crippen LogP contribution >= 0.6 is 23.4 Å². The van der Waals surface area contributed by atoms with E-state index in [-0.39, 0.29) is 5.28 Å². The van der Waals surface area contributed by atoms with Crippen LogP contribution in [0.5, 0.6) is 0 Å². The molecule has 0 bridgehead atoms. The van der Waals surface area contributed by atoms with E-state index < -0.39 is 0 Å². The molecule has 1 aromatic heterocycles. The second-order valence-electron chi connectivity index (χ2n) is 3.06. The van der Waals surface area contributed by atoms with Gasteiger partial charge in [-0.05, 0) is 35.6 Å². The van der Waals surface area contributed by atoms with E-state index in [0.29, 0.717) is 0 Å². The molecule has 0 aliphatic heterocycles. The van der Waals surface area contributed by atoms with Gasteiger partial charge in [-0.15, -0.1) is 5.10 Å². The molecule has 0 N–H and O–H groups in total. The number of thioether (sulfide) groups is 1. The van der Waals surface area contributed by atoms with Crippen molar-refractivity contribution in [3.63, 3.8) is 0 Å². The Morgan fingerprint density at radius 1 is 1.47 bits per heavy atom. The first-order valence-electron chi connectivity index (χ1n) is 4.45. The number of hydrogen-bond acceptors (Lipinski definition) is 3. The van der Waals surface area contributed by atoms with E-state index in [0.717, 1.165) is 11.4 Å². The van der Waals surface area contributed by atoms with Crippen molar-refractivity contribution >= 4 is 23.4 Å². The van der Waals surface area contributed by atoms with Gasteiger partial charge in [0.15, 0.2) is 0 Å². The molecule has 78 valence electrons. The SMILES string of the molecule is CSCc1cccc(-n2cnc(Cl)n2)c1. The van der Waals surface area contributed by atoms with Crippen molar-refractivity contribution in [3.8, 4) is 5.69 Å². The van der Waals surface area contributed by atoms with E-state index in [4.69, 9.17) is 11.6 Å². The molecule has 0 saturated carbocycles. The van der Waals surface area contributed by atoms with Gasteiger partial charge in [-0.1, -0.05) is 12.1 Å². The Morgan fingerprint density at radius 3 is 3.00 bits per heavy atom. The summed E-state index contributed by atoms with van der Waals surface area (Å²) in [6, 6.07) is 8.17. The summed E-state index contributed by atoms with van der Waals surface area (Å²) in [6.07, 6.45) is 3.69. The van der Waals surface area contributed by atoms with E-state index in [1.807, 2.05) is 12.1 Å². The van der Waals surface area contributed by atoms with Crippen LogP contribution < -0.4 is 0 Å². The number of benzene rings is 1. The second kappa shape index (κ2) is 4.68. The summed E-state index contributed by atoms with van der Waals surface area (Å²) in [5, 5.41) is 4.32. The minimum Gasteiger partial charge on any atom is -0.219 e. The normalized spacial score (nSPS) is 10.5. The summed E-state index contributed by atoms with van der Waals surface area (Å²) in [5.74, 6) is 0.996. The standard InChI is InChI=1S/C10H10ClN3S/c1-15-6-8-3-2-4-9(5-8)14-7-12-10(11)13-14/h2-5,7H,6H2,1H3. The van der Waals surface area contributed by atoms with Crippen LogP contribution in [0.1, 0.15) is 5.56 Å². The summed E-state index contributed by atoms with van der Waals surface area (Å²) < 4.78 is 1.67. The lowest BCUT2D eigenvalue weighted by atomic mass is 10.2. The lowest BCUT2D eigenvalue weighted by molar-refractivity contribution is 0.878. The monoisotopic (exact) mass is 239 g/mol. The molecule has 2 rings (SSSR count). The van der Waals surface area contributed by atoms with Crippen LogP contribution in [0.3, 0.4) is 0 Å². The maximum Gasteiger partial charge on any atom is 0.242 e. The largest absolute Gasteiger partial charge is 0.242 e. The van der Waals surface area contributed by atoms with Crippen LogP contribution in [0.15, 0.2) is 30.6 Å². The van der Waals surface area contributed by atoms with Crippen LogP contribution in [0.25, 0.3) is 5.69 Å². The van der Waals surface area contributed by atoms with Crippen molar-refractivity contribution < 1.29 is 0 Å². The molecular weight excluding hydrogens is 230 g/mol. The molecule has 0 aliphatic rings. The van der Waals surface area contributed by atoms with Gasteiger partial charge in [0.2, 0.25) is 5.28 Å². The summed E-state index contributed by atoms with van der Waals surface area (Å²) in [6.45, 7) is 0. The van der Waals surface area contributed by atoms with E-state index >= 15 is 0 Å². The van der Waals surface area contributed by atoms with Gasteiger partial charge in [0, 0.05) is 5.75 Å².